The van der Waals surface area contributed by atoms with Gasteiger partial charge in [0.15, 0.2) is 0 Å². The van der Waals surface area contributed by atoms with Gasteiger partial charge in [0.2, 0.25) is 15.9 Å². The third-order valence-corrected chi connectivity index (χ3v) is 5.85. The Bertz CT molecular complexity index is 897. The highest BCUT2D eigenvalue weighted by molar-refractivity contribution is 7.89. The Kier molecular flexibility index (Phi) is 6.81. The summed E-state index contributed by atoms with van der Waals surface area (Å²) in [5, 5.41) is 3.44. The van der Waals surface area contributed by atoms with Crippen LogP contribution < -0.4 is 10.0 Å². The molecule has 1 amide bonds. The van der Waals surface area contributed by atoms with Crippen LogP contribution >= 0.6 is 11.6 Å². The fourth-order valence-electron chi connectivity index (χ4n) is 2.44. The van der Waals surface area contributed by atoms with E-state index in [1.54, 1.807) is 30.3 Å². The third-order valence-electron chi connectivity index (χ3n) is 4.16. The molecule has 2 N–H and O–H groups in total. The maximum absolute atomic E-state index is 12.3. The quantitative estimate of drug-likeness (QED) is 0.754. The zero-order chi connectivity index (χ0) is 19.3. The molecule has 0 spiro atoms. The molecular formula is C19H23ClN2O3S. The Balaban J connectivity index is 1.88. The van der Waals surface area contributed by atoms with Gasteiger partial charge in [-0.2, -0.15) is 0 Å². The van der Waals surface area contributed by atoms with Crippen LogP contribution in [0.4, 0.5) is 0 Å². The summed E-state index contributed by atoms with van der Waals surface area (Å²) in [7, 11) is -3.63. The highest BCUT2D eigenvalue weighted by atomic mass is 35.5. The van der Waals surface area contributed by atoms with E-state index in [1.165, 1.54) is 0 Å². The Morgan fingerprint density at radius 3 is 2.50 bits per heavy atom. The van der Waals surface area contributed by atoms with Crippen molar-refractivity contribution in [3.05, 3.63) is 64.2 Å². The molecule has 0 bridgehead atoms. The first kappa shape index (κ1) is 20.4. The SMILES string of the molecule is Cc1ccc(S(=O)(=O)NCCC(=O)N[C@@H](C)c2cccc(Cl)c2)cc1C. The van der Waals surface area contributed by atoms with Crippen LogP contribution in [0.2, 0.25) is 5.02 Å². The van der Waals surface area contributed by atoms with E-state index in [1.807, 2.05) is 32.9 Å². The van der Waals surface area contributed by atoms with Gasteiger partial charge in [0, 0.05) is 18.0 Å². The van der Waals surface area contributed by atoms with Crippen LogP contribution in [-0.4, -0.2) is 20.9 Å². The van der Waals surface area contributed by atoms with Gasteiger partial charge in [0.25, 0.3) is 0 Å². The van der Waals surface area contributed by atoms with Crippen LogP contribution in [0, 0.1) is 13.8 Å². The van der Waals surface area contributed by atoms with Crippen molar-refractivity contribution in [2.24, 2.45) is 0 Å². The summed E-state index contributed by atoms with van der Waals surface area (Å²) in [6.45, 7) is 5.66. The average molecular weight is 395 g/mol. The molecular weight excluding hydrogens is 372 g/mol. The lowest BCUT2D eigenvalue weighted by molar-refractivity contribution is -0.121. The van der Waals surface area contributed by atoms with Crippen LogP contribution in [-0.2, 0) is 14.8 Å². The summed E-state index contributed by atoms with van der Waals surface area (Å²) in [6, 6.07) is 12.0. The second-order valence-electron chi connectivity index (χ2n) is 6.24. The molecule has 26 heavy (non-hydrogen) atoms. The Hall–Kier alpha value is -1.89. The van der Waals surface area contributed by atoms with Crippen molar-refractivity contribution in [2.75, 3.05) is 6.54 Å². The topological polar surface area (TPSA) is 75.3 Å². The minimum Gasteiger partial charge on any atom is -0.350 e. The number of hydrogen-bond acceptors (Lipinski definition) is 3. The molecule has 2 aromatic rings. The zero-order valence-corrected chi connectivity index (χ0v) is 16.6. The lowest BCUT2D eigenvalue weighted by Crippen LogP contribution is -2.32. The lowest BCUT2D eigenvalue weighted by Gasteiger charge is -2.15. The number of rotatable bonds is 7. The minimum atomic E-state index is -3.63. The van der Waals surface area contributed by atoms with Crippen LogP contribution in [0.3, 0.4) is 0 Å². The van der Waals surface area contributed by atoms with E-state index >= 15 is 0 Å². The minimum absolute atomic E-state index is 0.0311. The molecule has 2 aromatic carbocycles. The summed E-state index contributed by atoms with van der Waals surface area (Å²) in [5.74, 6) is -0.236. The molecule has 0 aromatic heterocycles. The van der Waals surface area contributed by atoms with E-state index in [4.69, 9.17) is 11.6 Å². The molecule has 0 radical (unpaired) electrons. The molecule has 0 fully saturated rings. The van der Waals surface area contributed by atoms with E-state index in [-0.39, 0.29) is 29.8 Å². The first-order valence-electron chi connectivity index (χ1n) is 8.31. The number of amides is 1. The summed E-state index contributed by atoms with van der Waals surface area (Å²) >= 11 is 5.95. The van der Waals surface area contributed by atoms with Crippen molar-refractivity contribution in [1.82, 2.24) is 10.0 Å². The van der Waals surface area contributed by atoms with Gasteiger partial charge in [-0.05, 0) is 61.7 Å². The molecule has 0 unspecified atom stereocenters. The van der Waals surface area contributed by atoms with E-state index in [0.717, 1.165) is 16.7 Å². The van der Waals surface area contributed by atoms with Crippen LogP contribution in [0.5, 0.6) is 0 Å². The molecule has 0 aliphatic carbocycles. The number of sulfonamides is 1. The lowest BCUT2D eigenvalue weighted by atomic mass is 10.1. The van der Waals surface area contributed by atoms with Crippen molar-refractivity contribution in [2.45, 2.75) is 38.1 Å². The van der Waals surface area contributed by atoms with E-state index < -0.39 is 10.0 Å². The Morgan fingerprint density at radius 2 is 1.85 bits per heavy atom. The normalized spacial score (nSPS) is 12.6. The van der Waals surface area contributed by atoms with Gasteiger partial charge in [-0.15, -0.1) is 0 Å². The van der Waals surface area contributed by atoms with Crippen molar-refractivity contribution in [1.29, 1.82) is 0 Å². The number of nitrogens with one attached hydrogen (secondary N) is 2. The van der Waals surface area contributed by atoms with Crippen LogP contribution in [0.15, 0.2) is 47.4 Å². The molecule has 140 valence electrons. The number of hydrogen-bond donors (Lipinski definition) is 2. The van der Waals surface area contributed by atoms with E-state index in [2.05, 4.69) is 10.0 Å². The number of carbonyl (C=O) groups excluding carboxylic acids is 1. The van der Waals surface area contributed by atoms with Gasteiger partial charge in [-0.3, -0.25) is 4.79 Å². The summed E-state index contributed by atoms with van der Waals surface area (Å²) in [5.41, 5.74) is 2.82. The summed E-state index contributed by atoms with van der Waals surface area (Å²) in [4.78, 5) is 12.3. The van der Waals surface area contributed by atoms with Crippen LogP contribution in [0.25, 0.3) is 0 Å². The van der Waals surface area contributed by atoms with Gasteiger partial charge >= 0.3 is 0 Å². The Morgan fingerprint density at radius 1 is 1.12 bits per heavy atom. The summed E-state index contributed by atoms with van der Waals surface area (Å²) in [6.07, 6.45) is 0.0506. The Labute approximate surface area is 159 Å². The summed E-state index contributed by atoms with van der Waals surface area (Å²) < 4.78 is 27.1. The smallest absolute Gasteiger partial charge is 0.240 e. The van der Waals surface area contributed by atoms with Crippen molar-refractivity contribution >= 4 is 27.5 Å². The average Bonchev–Trinajstić information content (AvgIpc) is 2.57. The third kappa shape index (κ3) is 5.56. The molecule has 0 heterocycles. The predicted molar refractivity (Wildman–Crippen MR) is 104 cm³/mol. The van der Waals surface area contributed by atoms with Gasteiger partial charge in [-0.25, -0.2) is 13.1 Å². The number of carbonyl (C=O) groups is 1. The van der Waals surface area contributed by atoms with E-state index in [9.17, 15) is 13.2 Å². The van der Waals surface area contributed by atoms with Crippen molar-refractivity contribution < 1.29 is 13.2 Å². The molecule has 0 saturated heterocycles. The van der Waals surface area contributed by atoms with Gasteiger partial charge in [0.1, 0.15) is 0 Å². The van der Waals surface area contributed by atoms with Crippen LogP contribution in [0.1, 0.15) is 36.1 Å². The largest absolute Gasteiger partial charge is 0.350 e. The van der Waals surface area contributed by atoms with Gasteiger partial charge < -0.3 is 5.32 Å². The van der Waals surface area contributed by atoms with E-state index in [0.29, 0.717) is 5.02 Å². The molecule has 2 rings (SSSR count). The number of aryl methyl sites for hydroxylation is 2. The number of benzene rings is 2. The monoisotopic (exact) mass is 394 g/mol. The molecule has 7 heteroatoms. The fraction of sp³-hybridized carbons (Fsp3) is 0.316. The second kappa shape index (κ2) is 8.66. The fourth-order valence-corrected chi connectivity index (χ4v) is 3.75. The molecule has 0 aliphatic heterocycles. The maximum atomic E-state index is 12.3. The highest BCUT2D eigenvalue weighted by Crippen LogP contribution is 2.17. The molecule has 0 aliphatic rings. The molecule has 1 atom stereocenters. The molecule has 0 saturated carbocycles. The van der Waals surface area contributed by atoms with Crippen molar-refractivity contribution in [3.63, 3.8) is 0 Å². The second-order valence-corrected chi connectivity index (χ2v) is 8.44. The van der Waals surface area contributed by atoms with Gasteiger partial charge in [-0.1, -0.05) is 29.8 Å². The first-order valence-corrected chi connectivity index (χ1v) is 10.2. The van der Waals surface area contributed by atoms with Gasteiger partial charge in [0.05, 0.1) is 10.9 Å². The van der Waals surface area contributed by atoms with Crippen molar-refractivity contribution in [3.8, 4) is 0 Å². The number of halogens is 1. The maximum Gasteiger partial charge on any atom is 0.240 e. The standard InChI is InChI=1S/C19H23ClN2O3S/c1-13-7-8-18(11-14(13)2)26(24,25)21-10-9-19(23)22-15(3)16-5-4-6-17(20)12-16/h4-8,11-12,15,21H,9-10H2,1-3H3,(H,22,23)/t15-/m0/s1. The highest BCUT2D eigenvalue weighted by Gasteiger charge is 2.16. The predicted octanol–water partition coefficient (Wildman–Crippen LogP) is 3.50. The first-order chi connectivity index (χ1) is 12.2. The molecule has 5 nitrogen and oxygen atoms in total. The zero-order valence-electron chi connectivity index (χ0n) is 15.0.